The van der Waals surface area contributed by atoms with Gasteiger partial charge in [0.15, 0.2) is 5.96 Å². The molecule has 7 nitrogen and oxygen atoms in total. The topological polar surface area (TPSA) is 78.0 Å². The van der Waals surface area contributed by atoms with Crippen LogP contribution >= 0.6 is 0 Å². The second kappa shape index (κ2) is 12.0. The Balaban J connectivity index is 1.38. The minimum absolute atomic E-state index is 0.0988. The lowest BCUT2D eigenvalue weighted by Gasteiger charge is -2.25. The summed E-state index contributed by atoms with van der Waals surface area (Å²) in [7, 11) is 1.78. The van der Waals surface area contributed by atoms with Crippen LogP contribution in [0.15, 0.2) is 59.6 Å². The summed E-state index contributed by atoms with van der Waals surface area (Å²) in [6.45, 7) is 5.61. The van der Waals surface area contributed by atoms with E-state index in [0.29, 0.717) is 19.2 Å². The zero-order valence-corrected chi connectivity index (χ0v) is 18.4. The van der Waals surface area contributed by atoms with Gasteiger partial charge in [0.2, 0.25) is 5.91 Å². The van der Waals surface area contributed by atoms with Crippen LogP contribution in [0.4, 0.5) is 5.69 Å². The van der Waals surface area contributed by atoms with Crippen LogP contribution in [0.1, 0.15) is 25.3 Å². The van der Waals surface area contributed by atoms with Gasteiger partial charge in [-0.1, -0.05) is 36.4 Å². The lowest BCUT2D eigenvalue weighted by Crippen LogP contribution is -2.45. The van der Waals surface area contributed by atoms with E-state index in [1.54, 1.807) is 7.05 Å². The highest BCUT2D eigenvalue weighted by Gasteiger charge is 2.24. The first-order valence-electron chi connectivity index (χ1n) is 10.9. The van der Waals surface area contributed by atoms with Crippen molar-refractivity contribution in [1.29, 1.82) is 0 Å². The lowest BCUT2D eigenvalue weighted by molar-refractivity contribution is -0.114. The Morgan fingerprint density at radius 1 is 1.16 bits per heavy atom. The molecule has 3 rings (SSSR count). The van der Waals surface area contributed by atoms with Gasteiger partial charge in [0.25, 0.3) is 0 Å². The lowest BCUT2D eigenvalue weighted by atomic mass is 10.2. The Labute approximate surface area is 184 Å². The molecule has 1 aliphatic heterocycles. The molecule has 0 aromatic heterocycles. The summed E-state index contributed by atoms with van der Waals surface area (Å²) < 4.78 is 5.78. The zero-order chi connectivity index (χ0) is 21.9. The van der Waals surface area contributed by atoms with Crippen molar-refractivity contribution in [1.82, 2.24) is 15.5 Å². The van der Waals surface area contributed by atoms with E-state index in [-0.39, 0.29) is 5.91 Å². The van der Waals surface area contributed by atoms with Gasteiger partial charge in [0.05, 0.1) is 6.54 Å². The van der Waals surface area contributed by atoms with E-state index in [1.165, 1.54) is 25.3 Å². The molecular weight excluding hydrogens is 390 g/mol. The summed E-state index contributed by atoms with van der Waals surface area (Å²) in [6.07, 6.45) is 2.43. The van der Waals surface area contributed by atoms with E-state index in [2.05, 4.69) is 56.2 Å². The highest BCUT2D eigenvalue weighted by Crippen LogP contribution is 2.19. The second-order valence-electron chi connectivity index (χ2n) is 7.69. The quantitative estimate of drug-likeness (QED) is 0.328. The van der Waals surface area contributed by atoms with Gasteiger partial charge < -0.3 is 20.7 Å². The number of hydrogen-bond donors (Lipinski definition) is 3. The van der Waals surface area contributed by atoms with Crippen molar-refractivity contribution in [2.75, 3.05) is 38.6 Å². The van der Waals surface area contributed by atoms with Crippen molar-refractivity contribution in [3.8, 4) is 5.75 Å². The fraction of sp³-hybridized carbons (Fsp3) is 0.417. The Hall–Kier alpha value is -3.06. The van der Waals surface area contributed by atoms with Crippen LogP contribution < -0.4 is 20.7 Å². The molecule has 1 heterocycles. The number of hydrogen-bond acceptors (Lipinski definition) is 4. The number of nitrogens with one attached hydrogen (secondary N) is 3. The predicted octanol–water partition coefficient (Wildman–Crippen LogP) is 2.85. The molecule has 0 aliphatic carbocycles. The number of rotatable bonds is 9. The maximum Gasteiger partial charge on any atom is 0.221 e. The van der Waals surface area contributed by atoms with Crippen LogP contribution in [0.25, 0.3) is 0 Å². The Morgan fingerprint density at radius 3 is 2.77 bits per heavy atom. The standard InChI is InChI=1S/C24H33N5O2/c1-19(30)28-21-10-6-12-23(16-21)31-15-13-26-24(25-2)27-17-22-11-7-14-29(22)18-20-8-4-3-5-9-20/h3-6,8-10,12,16,22H,7,11,13-15,17-18H2,1-2H3,(H,28,30)(H2,25,26,27). The first-order valence-corrected chi connectivity index (χ1v) is 10.9. The summed E-state index contributed by atoms with van der Waals surface area (Å²) in [4.78, 5) is 18.0. The number of carbonyl (C=O) groups is 1. The monoisotopic (exact) mass is 423 g/mol. The van der Waals surface area contributed by atoms with Crippen LogP contribution in [-0.2, 0) is 11.3 Å². The highest BCUT2D eigenvalue weighted by molar-refractivity contribution is 5.88. The highest BCUT2D eigenvalue weighted by atomic mass is 16.5. The molecule has 0 bridgehead atoms. The molecule has 1 fully saturated rings. The molecule has 7 heteroatoms. The molecule has 0 radical (unpaired) electrons. The molecule has 0 saturated carbocycles. The SMILES string of the molecule is CN=C(NCCOc1cccc(NC(C)=O)c1)NCC1CCCN1Cc1ccccc1. The first kappa shape index (κ1) is 22.6. The van der Waals surface area contributed by atoms with Crippen molar-refractivity contribution in [3.05, 3.63) is 60.2 Å². The molecule has 1 unspecified atom stereocenters. The number of aliphatic imine (C=N–C) groups is 1. The number of benzene rings is 2. The number of amides is 1. The van der Waals surface area contributed by atoms with Gasteiger partial charge in [-0.05, 0) is 37.1 Å². The molecular formula is C24H33N5O2. The van der Waals surface area contributed by atoms with E-state index in [4.69, 9.17) is 4.74 Å². The number of anilines is 1. The third kappa shape index (κ3) is 7.61. The van der Waals surface area contributed by atoms with Gasteiger partial charge in [-0.25, -0.2) is 0 Å². The van der Waals surface area contributed by atoms with Crippen molar-refractivity contribution in [2.24, 2.45) is 4.99 Å². The maximum atomic E-state index is 11.2. The van der Waals surface area contributed by atoms with Crippen molar-refractivity contribution in [2.45, 2.75) is 32.4 Å². The average molecular weight is 424 g/mol. The van der Waals surface area contributed by atoms with E-state index in [0.717, 1.165) is 37.0 Å². The van der Waals surface area contributed by atoms with Crippen molar-refractivity contribution in [3.63, 3.8) is 0 Å². The van der Waals surface area contributed by atoms with Gasteiger partial charge in [-0.3, -0.25) is 14.7 Å². The zero-order valence-electron chi connectivity index (χ0n) is 18.4. The van der Waals surface area contributed by atoms with Gasteiger partial charge in [-0.15, -0.1) is 0 Å². The number of guanidine groups is 1. The fourth-order valence-corrected chi connectivity index (χ4v) is 3.79. The number of likely N-dealkylation sites (tertiary alicyclic amines) is 1. The molecule has 166 valence electrons. The minimum atomic E-state index is -0.0988. The molecule has 3 N–H and O–H groups in total. The third-order valence-corrected chi connectivity index (χ3v) is 5.27. The number of ether oxygens (including phenoxy) is 1. The summed E-state index contributed by atoms with van der Waals surface area (Å²) >= 11 is 0. The van der Waals surface area contributed by atoms with Crippen LogP contribution in [-0.4, -0.2) is 56.1 Å². The maximum absolute atomic E-state index is 11.2. The average Bonchev–Trinajstić information content (AvgIpc) is 3.20. The Morgan fingerprint density at radius 2 is 2.00 bits per heavy atom. The molecule has 2 aromatic carbocycles. The summed E-state index contributed by atoms with van der Waals surface area (Å²) in [5, 5.41) is 9.51. The number of carbonyl (C=O) groups excluding carboxylic acids is 1. The Bertz CT molecular complexity index is 856. The largest absolute Gasteiger partial charge is 0.492 e. The molecule has 1 amide bonds. The van der Waals surface area contributed by atoms with Crippen molar-refractivity contribution < 1.29 is 9.53 Å². The first-order chi connectivity index (χ1) is 15.1. The summed E-state index contributed by atoms with van der Waals surface area (Å²) in [5.74, 6) is 1.40. The van der Waals surface area contributed by atoms with Crippen molar-refractivity contribution >= 4 is 17.6 Å². The van der Waals surface area contributed by atoms with Crippen LogP contribution in [0.2, 0.25) is 0 Å². The molecule has 1 aliphatic rings. The predicted molar refractivity (Wildman–Crippen MR) is 125 cm³/mol. The fourth-order valence-electron chi connectivity index (χ4n) is 3.79. The molecule has 1 saturated heterocycles. The van der Waals surface area contributed by atoms with Gasteiger partial charge in [-0.2, -0.15) is 0 Å². The molecule has 1 atom stereocenters. The Kier molecular flexibility index (Phi) is 8.72. The van der Waals surface area contributed by atoms with E-state index >= 15 is 0 Å². The van der Waals surface area contributed by atoms with Gasteiger partial charge in [0.1, 0.15) is 12.4 Å². The molecule has 2 aromatic rings. The molecule has 31 heavy (non-hydrogen) atoms. The van der Waals surface area contributed by atoms with E-state index < -0.39 is 0 Å². The summed E-state index contributed by atoms with van der Waals surface area (Å²) in [5.41, 5.74) is 2.09. The smallest absolute Gasteiger partial charge is 0.221 e. The van der Waals surface area contributed by atoms with E-state index in [1.807, 2.05) is 24.3 Å². The van der Waals surface area contributed by atoms with Gasteiger partial charge in [0, 0.05) is 44.9 Å². The normalized spacial score (nSPS) is 16.7. The number of nitrogens with zero attached hydrogens (tertiary/aromatic N) is 2. The third-order valence-electron chi connectivity index (χ3n) is 5.27. The minimum Gasteiger partial charge on any atom is -0.492 e. The van der Waals surface area contributed by atoms with Gasteiger partial charge >= 0.3 is 0 Å². The molecule has 0 spiro atoms. The second-order valence-corrected chi connectivity index (χ2v) is 7.69. The van der Waals surface area contributed by atoms with Crippen LogP contribution in [0.5, 0.6) is 5.75 Å². The van der Waals surface area contributed by atoms with E-state index in [9.17, 15) is 4.79 Å². The van der Waals surface area contributed by atoms with Crippen LogP contribution in [0, 0.1) is 0 Å². The summed E-state index contributed by atoms with van der Waals surface area (Å²) in [6, 6.07) is 18.5. The van der Waals surface area contributed by atoms with Crippen LogP contribution in [0.3, 0.4) is 0 Å².